The Hall–Kier alpha value is -1.32. The van der Waals surface area contributed by atoms with Gasteiger partial charge in [-0.15, -0.1) is 0 Å². The average Bonchev–Trinajstić information content (AvgIpc) is 2.12. The Kier molecular flexibility index (Phi) is 2.81. The van der Waals surface area contributed by atoms with Gasteiger partial charge in [-0.1, -0.05) is 19.3 Å². The summed E-state index contributed by atoms with van der Waals surface area (Å²) in [6, 6.07) is 0. The zero-order chi connectivity index (χ0) is 9.80. The third-order valence-corrected chi connectivity index (χ3v) is 2.81. The Labute approximate surface area is 83.9 Å². The zero-order valence-corrected chi connectivity index (χ0v) is 8.24. The fraction of sp³-hybridized carbons (Fsp3) is 0.600. The molecule has 3 N–H and O–H groups in total. The highest BCUT2D eigenvalue weighted by Crippen LogP contribution is 2.29. The van der Waals surface area contributed by atoms with Crippen molar-refractivity contribution in [3.8, 4) is 0 Å². The number of nitrogens with two attached hydrogens (primary N) is 1. The molecule has 1 aliphatic rings. The van der Waals surface area contributed by atoms with Crippen LogP contribution in [0.25, 0.3) is 0 Å². The van der Waals surface area contributed by atoms with Crippen LogP contribution in [0.2, 0.25) is 0 Å². The molecule has 4 heteroatoms. The molecule has 1 saturated carbocycles. The minimum atomic E-state index is 0.626. The topological polar surface area (TPSA) is 63.8 Å². The molecule has 0 aliphatic heterocycles. The lowest BCUT2D eigenvalue weighted by Crippen LogP contribution is -2.16. The van der Waals surface area contributed by atoms with Crippen molar-refractivity contribution in [2.45, 2.75) is 25.7 Å². The SMILES string of the molecule is Nc1cncnc1NCCC1CCC1. The first-order valence-corrected chi connectivity index (χ1v) is 5.15. The summed E-state index contributed by atoms with van der Waals surface area (Å²) in [6.45, 7) is 0.964. The lowest BCUT2D eigenvalue weighted by atomic mass is 9.83. The average molecular weight is 192 g/mol. The maximum atomic E-state index is 5.70. The summed E-state index contributed by atoms with van der Waals surface area (Å²) < 4.78 is 0. The van der Waals surface area contributed by atoms with Crippen LogP contribution in [-0.4, -0.2) is 16.5 Å². The first-order chi connectivity index (χ1) is 6.86. The van der Waals surface area contributed by atoms with Gasteiger partial charge in [0.2, 0.25) is 0 Å². The van der Waals surface area contributed by atoms with Gasteiger partial charge < -0.3 is 11.1 Å². The van der Waals surface area contributed by atoms with E-state index in [1.165, 1.54) is 32.0 Å². The molecule has 0 amide bonds. The molecule has 76 valence electrons. The highest BCUT2D eigenvalue weighted by atomic mass is 15.0. The minimum Gasteiger partial charge on any atom is -0.394 e. The number of aromatic nitrogens is 2. The van der Waals surface area contributed by atoms with E-state index in [1.54, 1.807) is 6.20 Å². The molecular weight excluding hydrogens is 176 g/mol. The molecule has 1 fully saturated rings. The summed E-state index contributed by atoms with van der Waals surface area (Å²) in [7, 11) is 0. The van der Waals surface area contributed by atoms with Crippen LogP contribution in [0.1, 0.15) is 25.7 Å². The molecule has 0 atom stereocenters. The fourth-order valence-corrected chi connectivity index (χ4v) is 1.66. The highest BCUT2D eigenvalue weighted by molar-refractivity contribution is 5.58. The molecule has 0 aromatic carbocycles. The maximum Gasteiger partial charge on any atom is 0.152 e. The summed E-state index contributed by atoms with van der Waals surface area (Å²) in [6.07, 6.45) is 8.55. The van der Waals surface area contributed by atoms with E-state index in [1.807, 2.05) is 0 Å². The van der Waals surface area contributed by atoms with Gasteiger partial charge >= 0.3 is 0 Å². The second-order valence-corrected chi connectivity index (χ2v) is 3.84. The van der Waals surface area contributed by atoms with E-state index in [0.717, 1.165) is 18.3 Å². The lowest BCUT2D eigenvalue weighted by Gasteiger charge is -2.25. The van der Waals surface area contributed by atoms with Crippen molar-refractivity contribution < 1.29 is 0 Å². The largest absolute Gasteiger partial charge is 0.394 e. The Morgan fingerprint density at radius 3 is 3.00 bits per heavy atom. The van der Waals surface area contributed by atoms with Crippen LogP contribution in [0.4, 0.5) is 11.5 Å². The Morgan fingerprint density at radius 1 is 1.50 bits per heavy atom. The van der Waals surface area contributed by atoms with Gasteiger partial charge in [0, 0.05) is 6.54 Å². The maximum absolute atomic E-state index is 5.70. The third-order valence-electron chi connectivity index (χ3n) is 2.81. The van der Waals surface area contributed by atoms with Gasteiger partial charge in [0.25, 0.3) is 0 Å². The van der Waals surface area contributed by atoms with Gasteiger partial charge in [0.15, 0.2) is 5.82 Å². The predicted molar refractivity (Wildman–Crippen MR) is 56.9 cm³/mol. The van der Waals surface area contributed by atoms with E-state index in [9.17, 15) is 0 Å². The molecule has 14 heavy (non-hydrogen) atoms. The molecule has 1 aromatic heterocycles. The second kappa shape index (κ2) is 4.26. The van der Waals surface area contributed by atoms with E-state index in [2.05, 4.69) is 15.3 Å². The number of hydrogen-bond acceptors (Lipinski definition) is 4. The minimum absolute atomic E-state index is 0.626. The fourth-order valence-electron chi connectivity index (χ4n) is 1.66. The first kappa shape index (κ1) is 9.24. The molecule has 0 spiro atoms. The summed E-state index contributed by atoms with van der Waals surface area (Å²) in [5, 5.41) is 3.24. The number of nitrogens with one attached hydrogen (secondary N) is 1. The van der Waals surface area contributed by atoms with Crippen molar-refractivity contribution in [1.29, 1.82) is 0 Å². The normalized spacial score (nSPS) is 16.3. The Balaban J connectivity index is 1.76. The number of nitrogens with zero attached hydrogens (tertiary/aromatic N) is 2. The summed E-state index contributed by atoms with van der Waals surface area (Å²) >= 11 is 0. The van der Waals surface area contributed by atoms with Crippen molar-refractivity contribution >= 4 is 11.5 Å². The van der Waals surface area contributed by atoms with Crippen LogP contribution in [0.15, 0.2) is 12.5 Å². The van der Waals surface area contributed by atoms with Gasteiger partial charge in [-0.3, -0.25) is 0 Å². The van der Waals surface area contributed by atoms with E-state index >= 15 is 0 Å². The Morgan fingerprint density at radius 2 is 2.36 bits per heavy atom. The van der Waals surface area contributed by atoms with Crippen LogP contribution in [0.5, 0.6) is 0 Å². The van der Waals surface area contributed by atoms with Crippen molar-refractivity contribution in [3.05, 3.63) is 12.5 Å². The van der Waals surface area contributed by atoms with Gasteiger partial charge in [0.05, 0.1) is 11.9 Å². The van der Waals surface area contributed by atoms with Crippen LogP contribution < -0.4 is 11.1 Å². The lowest BCUT2D eigenvalue weighted by molar-refractivity contribution is 0.303. The van der Waals surface area contributed by atoms with Gasteiger partial charge in [-0.05, 0) is 12.3 Å². The predicted octanol–water partition coefficient (Wildman–Crippen LogP) is 1.66. The molecule has 1 heterocycles. The van der Waals surface area contributed by atoms with E-state index < -0.39 is 0 Å². The molecule has 2 rings (SSSR count). The molecule has 1 aromatic rings. The number of nitrogen functional groups attached to an aromatic ring is 1. The molecule has 0 bridgehead atoms. The first-order valence-electron chi connectivity index (χ1n) is 5.15. The molecule has 0 unspecified atom stereocenters. The summed E-state index contributed by atoms with van der Waals surface area (Å²) in [5.41, 5.74) is 6.32. The van der Waals surface area contributed by atoms with Crippen LogP contribution in [0.3, 0.4) is 0 Å². The molecular formula is C10H16N4. The standard InChI is InChI=1S/C10H16N4/c11-9-6-12-7-14-10(9)13-5-4-8-2-1-3-8/h6-8H,1-5,11H2,(H,12,13,14). The van der Waals surface area contributed by atoms with Gasteiger partial charge in [-0.25, -0.2) is 9.97 Å². The van der Waals surface area contributed by atoms with Crippen molar-refractivity contribution in [3.63, 3.8) is 0 Å². The van der Waals surface area contributed by atoms with Crippen LogP contribution in [-0.2, 0) is 0 Å². The zero-order valence-electron chi connectivity index (χ0n) is 8.24. The van der Waals surface area contributed by atoms with Crippen LogP contribution in [0, 0.1) is 5.92 Å². The monoisotopic (exact) mass is 192 g/mol. The van der Waals surface area contributed by atoms with E-state index in [-0.39, 0.29) is 0 Å². The van der Waals surface area contributed by atoms with Crippen molar-refractivity contribution in [2.24, 2.45) is 5.92 Å². The van der Waals surface area contributed by atoms with Crippen molar-refractivity contribution in [2.75, 3.05) is 17.6 Å². The molecule has 1 aliphatic carbocycles. The number of hydrogen-bond donors (Lipinski definition) is 2. The van der Waals surface area contributed by atoms with Gasteiger partial charge in [0.1, 0.15) is 6.33 Å². The highest BCUT2D eigenvalue weighted by Gasteiger charge is 2.16. The van der Waals surface area contributed by atoms with Crippen molar-refractivity contribution in [1.82, 2.24) is 9.97 Å². The van der Waals surface area contributed by atoms with Gasteiger partial charge in [-0.2, -0.15) is 0 Å². The molecule has 0 radical (unpaired) electrons. The third kappa shape index (κ3) is 2.13. The number of anilines is 2. The van der Waals surface area contributed by atoms with Crippen LogP contribution >= 0.6 is 0 Å². The Bertz CT molecular complexity index is 296. The summed E-state index contributed by atoms with van der Waals surface area (Å²) in [4.78, 5) is 7.91. The molecule has 0 saturated heterocycles. The number of rotatable bonds is 4. The van der Waals surface area contributed by atoms with E-state index in [0.29, 0.717) is 5.69 Å². The smallest absolute Gasteiger partial charge is 0.152 e. The second-order valence-electron chi connectivity index (χ2n) is 3.84. The van der Waals surface area contributed by atoms with E-state index in [4.69, 9.17) is 5.73 Å². The summed E-state index contributed by atoms with van der Waals surface area (Å²) in [5.74, 6) is 1.69. The molecule has 4 nitrogen and oxygen atoms in total. The quantitative estimate of drug-likeness (QED) is 0.761.